The Balaban J connectivity index is 3.10. The first-order valence-electron chi connectivity index (χ1n) is 5.41. The van der Waals surface area contributed by atoms with Gasteiger partial charge in [-0.25, -0.2) is 0 Å². The predicted molar refractivity (Wildman–Crippen MR) is 62.6 cm³/mol. The first-order valence-corrected chi connectivity index (χ1v) is 5.41. The van der Waals surface area contributed by atoms with E-state index in [4.69, 9.17) is 5.73 Å². The second kappa shape index (κ2) is 9.40. The van der Waals surface area contributed by atoms with Gasteiger partial charge in [0.05, 0.1) is 0 Å². The molecule has 0 amide bonds. The van der Waals surface area contributed by atoms with Crippen molar-refractivity contribution in [1.29, 1.82) is 0 Å². The zero-order chi connectivity index (χ0) is 10.8. The maximum absolute atomic E-state index is 5.44. The fraction of sp³-hybridized carbons (Fsp3) is 1.00. The lowest BCUT2D eigenvalue weighted by Gasteiger charge is -2.17. The van der Waals surface area contributed by atoms with Crippen molar-refractivity contribution in [2.75, 3.05) is 60.4 Å². The van der Waals surface area contributed by atoms with Crippen LogP contribution < -0.4 is 11.1 Å². The highest BCUT2D eigenvalue weighted by Crippen LogP contribution is 1.83. The normalized spacial score (nSPS) is 11.6. The quantitative estimate of drug-likeness (QED) is 0.491. The van der Waals surface area contributed by atoms with E-state index in [1.165, 1.54) is 0 Å². The van der Waals surface area contributed by atoms with Crippen molar-refractivity contribution in [3.63, 3.8) is 0 Å². The van der Waals surface area contributed by atoms with Crippen LogP contribution in [0.4, 0.5) is 0 Å². The molecule has 0 bridgehead atoms. The smallest absolute Gasteiger partial charge is 0.0104 e. The van der Waals surface area contributed by atoms with Crippen molar-refractivity contribution in [2.45, 2.75) is 6.42 Å². The zero-order valence-corrected chi connectivity index (χ0v) is 9.92. The average Bonchev–Trinajstić information content (AvgIpc) is 2.13. The van der Waals surface area contributed by atoms with Gasteiger partial charge in [-0.15, -0.1) is 0 Å². The van der Waals surface area contributed by atoms with Gasteiger partial charge in [-0.2, -0.15) is 0 Å². The number of hydrogen-bond acceptors (Lipinski definition) is 4. The molecule has 4 heteroatoms. The van der Waals surface area contributed by atoms with Crippen LogP contribution in [-0.2, 0) is 0 Å². The molecule has 0 saturated carbocycles. The predicted octanol–water partition coefficient (Wildman–Crippen LogP) is -0.582. The van der Waals surface area contributed by atoms with Crippen LogP contribution in [0.1, 0.15) is 6.42 Å². The third kappa shape index (κ3) is 9.92. The number of nitrogens with two attached hydrogens (primary N) is 1. The van der Waals surface area contributed by atoms with Gasteiger partial charge in [0, 0.05) is 26.2 Å². The minimum Gasteiger partial charge on any atom is -0.330 e. The topological polar surface area (TPSA) is 44.5 Å². The Hall–Kier alpha value is -0.160. The minimum atomic E-state index is 0.790. The van der Waals surface area contributed by atoms with Crippen molar-refractivity contribution in [3.05, 3.63) is 0 Å². The van der Waals surface area contributed by atoms with Gasteiger partial charge in [0.15, 0.2) is 0 Å². The molecule has 0 aromatic carbocycles. The van der Waals surface area contributed by atoms with Gasteiger partial charge < -0.3 is 20.9 Å². The molecule has 0 fully saturated rings. The first-order chi connectivity index (χ1) is 6.66. The second-order valence-corrected chi connectivity index (χ2v) is 4.00. The zero-order valence-electron chi connectivity index (χ0n) is 9.92. The van der Waals surface area contributed by atoms with E-state index in [-0.39, 0.29) is 0 Å². The van der Waals surface area contributed by atoms with E-state index in [9.17, 15) is 0 Å². The number of hydrogen-bond donors (Lipinski definition) is 2. The van der Waals surface area contributed by atoms with Crippen LogP contribution in [0.2, 0.25) is 0 Å². The highest BCUT2D eigenvalue weighted by atomic mass is 15.1. The Kier molecular flexibility index (Phi) is 9.29. The summed E-state index contributed by atoms with van der Waals surface area (Å²) in [5.41, 5.74) is 5.44. The highest BCUT2D eigenvalue weighted by molar-refractivity contribution is 4.56. The van der Waals surface area contributed by atoms with Crippen molar-refractivity contribution in [3.8, 4) is 0 Å². The van der Waals surface area contributed by atoms with Crippen LogP contribution in [0, 0.1) is 0 Å². The summed E-state index contributed by atoms with van der Waals surface area (Å²) >= 11 is 0. The molecule has 0 spiro atoms. The van der Waals surface area contributed by atoms with E-state index in [1.807, 2.05) is 0 Å². The molecular formula is C10H26N4. The Morgan fingerprint density at radius 1 is 1.00 bits per heavy atom. The van der Waals surface area contributed by atoms with Crippen LogP contribution in [0.15, 0.2) is 0 Å². The maximum Gasteiger partial charge on any atom is 0.0104 e. The van der Waals surface area contributed by atoms with Crippen molar-refractivity contribution in [2.24, 2.45) is 5.73 Å². The Morgan fingerprint density at radius 2 is 1.64 bits per heavy atom. The summed E-state index contributed by atoms with van der Waals surface area (Å²) in [5.74, 6) is 0. The molecule has 0 aliphatic rings. The van der Waals surface area contributed by atoms with Crippen LogP contribution in [0.5, 0.6) is 0 Å². The lowest BCUT2D eigenvalue weighted by molar-refractivity contribution is 0.323. The molecule has 0 aliphatic heterocycles. The van der Waals surface area contributed by atoms with Gasteiger partial charge >= 0.3 is 0 Å². The molecule has 0 aliphatic carbocycles. The fourth-order valence-corrected chi connectivity index (χ4v) is 1.17. The van der Waals surface area contributed by atoms with Gasteiger partial charge in [0.25, 0.3) is 0 Å². The molecule has 0 aromatic heterocycles. The van der Waals surface area contributed by atoms with Gasteiger partial charge in [0.2, 0.25) is 0 Å². The third-order valence-electron chi connectivity index (χ3n) is 2.15. The lowest BCUT2D eigenvalue weighted by atomic mass is 10.4. The largest absolute Gasteiger partial charge is 0.330 e. The number of rotatable bonds is 9. The lowest BCUT2D eigenvalue weighted by Crippen LogP contribution is -2.34. The van der Waals surface area contributed by atoms with Crippen molar-refractivity contribution >= 4 is 0 Å². The summed E-state index contributed by atoms with van der Waals surface area (Å²) in [5, 5.41) is 3.41. The molecular weight excluding hydrogens is 176 g/mol. The monoisotopic (exact) mass is 202 g/mol. The average molecular weight is 202 g/mol. The minimum absolute atomic E-state index is 0.790. The molecule has 0 aromatic rings. The van der Waals surface area contributed by atoms with Crippen LogP contribution >= 0.6 is 0 Å². The highest BCUT2D eigenvalue weighted by Gasteiger charge is 1.96. The summed E-state index contributed by atoms with van der Waals surface area (Å²) in [7, 11) is 6.33. The summed E-state index contributed by atoms with van der Waals surface area (Å²) < 4.78 is 0. The van der Waals surface area contributed by atoms with E-state index < -0.39 is 0 Å². The molecule has 86 valence electrons. The van der Waals surface area contributed by atoms with Crippen molar-refractivity contribution < 1.29 is 0 Å². The summed E-state index contributed by atoms with van der Waals surface area (Å²) in [6.45, 7) is 6.23. The van der Waals surface area contributed by atoms with Crippen molar-refractivity contribution in [1.82, 2.24) is 15.1 Å². The molecule has 4 nitrogen and oxygen atoms in total. The fourth-order valence-electron chi connectivity index (χ4n) is 1.17. The summed E-state index contributed by atoms with van der Waals surface area (Å²) in [4.78, 5) is 4.50. The van der Waals surface area contributed by atoms with E-state index in [0.29, 0.717) is 0 Å². The molecule has 0 saturated heterocycles. The molecule has 14 heavy (non-hydrogen) atoms. The second-order valence-electron chi connectivity index (χ2n) is 4.00. The van der Waals surface area contributed by atoms with E-state index >= 15 is 0 Å². The van der Waals surface area contributed by atoms with Gasteiger partial charge in [-0.1, -0.05) is 0 Å². The van der Waals surface area contributed by atoms with Crippen LogP contribution in [0.25, 0.3) is 0 Å². The molecule has 0 atom stereocenters. The third-order valence-corrected chi connectivity index (χ3v) is 2.15. The van der Waals surface area contributed by atoms with Gasteiger partial charge in [0.1, 0.15) is 0 Å². The Morgan fingerprint density at radius 3 is 2.21 bits per heavy atom. The van der Waals surface area contributed by atoms with E-state index in [1.54, 1.807) is 0 Å². The molecule has 3 N–H and O–H groups in total. The number of nitrogens with zero attached hydrogens (tertiary/aromatic N) is 2. The molecule has 0 rings (SSSR count). The van der Waals surface area contributed by atoms with E-state index in [0.717, 1.165) is 45.7 Å². The standard InChI is InChI=1S/C10H26N4/c1-13(2)9-6-12-7-10-14(3)8-4-5-11/h12H,4-11H2,1-3H3. The van der Waals surface area contributed by atoms with Gasteiger partial charge in [-0.3, -0.25) is 0 Å². The van der Waals surface area contributed by atoms with Gasteiger partial charge in [-0.05, 0) is 40.7 Å². The van der Waals surface area contributed by atoms with Crippen LogP contribution in [0.3, 0.4) is 0 Å². The maximum atomic E-state index is 5.44. The molecule has 0 radical (unpaired) electrons. The SMILES string of the molecule is CN(C)CCNCCN(C)CCCN. The van der Waals surface area contributed by atoms with Crippen LogP contribution in [-0.4, -0.2) is 70.2 Å². The number of nitrogens with one attached hydrogen (secondary N) is 1. The molecule has 0 heterocycles. The number of likely N-dealkylation sites (N-methyl/N-ethyl adjacent to an activating group) is 2. The van der Waals surface area contributed by atoms with E-state index in [2.05, 4.69) is 36.3 Å². The first kappa shape index (κ1) is 13.8. The molecule has 0 unspecified atom stereocenters. The Labute approximate surface area is 88.4 Å². The summed E-state index contributed by atoms with van der Waals surface area (Å²) in [6.07, 6.45) is 1.09. The summed E-state index contributed by atoms with van der Waals surface area (Å²) in [6, 6.07) is 0. The Bertz CT molecular complexity index is 117.